The normalized spacial score (nSPS) is 17.2. The zero-order valence-electron chi connectivity index (χ0n) is 23.6. The quantitative estimate of drug-likeness (QED) is 0.173. The van der Waals surface area contributed by atoms with Crippen LogP contribution in [-0.4, -0.2) is 11.2 Å². The van der Waals surface area contributed by atoms with Crippen molar-refractivity contribution in [3.63, 3.8) is 0 Å². The third-order valence-corrected chi connectivity index (χ3v) is 8.29. The number of hydrogen-bond donors (Lipinski definition) is 0. The predicted molar refractivity (Wildman–Crippen MR) is 162 cm³/mol. The van der Waals surface area contributed by atoms with Gasteiger partial charge >= 0.3 is 0 Å². The molecule has 204 valence electrons. The monoisotopic (exact) mass is 521 g/mol. The van der Waals surface area contributed by atoms with Gasteiger partial charge in [-0.3, -0.25) is 0 Å². The minimum absolute atomic E-state index is 0.582. The molecule has 0 bridgehead atoms. The molecule has 1 aromatic heterocycles. The van der Waals surface area contributed by atoms with Gasteiger partial charge in [-0.25, -0.2) is 0 Å². The number of nitrogens with zero attached hydrogens (tertiary/aromatic N) is 1. The van der Waals surface area contributed by atoms with Crippen LogP contribution in [0.1, 0.15) is 74.6 Å². The van der Waals surface area contributed by atoms with Crippen LogP contribution in [0.2, 0.25) is 0 Å². The molecule has 4 aromatic rings. The molecule has 1 aliphatic rings. The third kappa shape index (κ3) is 7.35. The summed E-state index contributed by atoms with van der Waals surface area (Å²) < 4.78 is 14.5. The van der Waals surface area contributed by atoms with E-state index < -0.39 is 0 Å². The van der Waals surface area contributed by atoms with Gasteiger partial charge in [-0.2, -0.15) is 0 Å². The van der Waals surface area contributed by atoms with Gasteiger partial charge in [-0.1, -0.05) is 62.2 Å². The summed E-state index contributed by atoms with van der Waals surface area (Å²) in [5.41, 5.74) is 6.37. The van der Waals surface area contributed by atoms with E-state index in [0.717, 1.165) is 36.3 Å². The van der Waals surface area contributed by atoms with Crippen molar-refractivity contribution < 1.29 is 9.47 Å². The Hall–Kier alpha value is -3.46. The fourth-order valence-corrected chi connectivity index (χ4v) is 6.02. The average molecular weight is 522 g/mol. The molecule has 3 aromatic carbocycles. The van der Waals surface area contributed by atoms with Crippen LogP contribution in [-0.2, 0) is 13.2 Å². The molecule has 3 heteroatoms. The first-order valence-electron chi connectivity index (χ1n) is 14.9. The number of ether oxygens (including phenoxy) is 2. The lowest BCUT2D eigenvalue weighted by Crippen LogP contribution is -2.13. The van der Waals surface area contributed by atoms with E-state index in [1.807, 2.05) is 18.2 Å². The Bertz CT molecular complexity index is 1270. The maximum absolute atomic E-state index is 6.13. The minimum atomic E-state index is 0.582. The SMILES string of the molecule is CCCC1CCC(c2ccc(OCCCn3c(C)ccc3-c3ccc(OCc4ccccc4)cc3)cc2)CC1. The molecule has 1 fully saturated rings. The molecule has 1 aliphatic carbocycles. The van der Waals surface area contributed by atoms with Gasteiger partial charge in [0.1, 0.15) is 18.1 Å². The number of aryl methyl sites for hydroxylation is 1. The Morgan fingerprint density at radius 1 is 0.744 bits per heavy atom. The van der Waals surface area contributed by atoms with E-state index in [1.54, 1.807) is 0 Å². The Balaban J connectivity index is 1.09. The Morgan fingerprint density at radius 2 is 1.44 bits per heavy atom. The summed E-state index contributed by atoms with van der Waals surface area (Å²) in [5, 5.41) is 0. The van der Waals surface area contributed by atoms with Crippen LogP contribution >= 0.6 is 0 Å². The molecule has 0 atom stereocenters. The standard InChI is InChI=1S/C36H43NO2/c1-3-8-29-12-14-31(15-13-29)32-16-20-34(21-17-32)38-26-7-25-37-28(2)11-24-36(37)33-18-22-35(23-19-33)39-27-30-9-5-4-6-10-30/h4-6,9-11,16-24,29,31H,3,7-8,12-15,25-27H2,1-2H3. The first-order valence-corrected chi connectivity index (χ1v) is 14.9. The lowest BCUT2D eigenvalue weighted by molar-refractivity contribution is 0.300. The second kappa shape index (κ2) is 13.6. The van der Waals surface area contributed by atoms with Crippen molar-refractivity contribution in [2.75, 3.05) is 6.61 Å². The van der Waals surface area contributed by atoms with E-state index in [-0.39, 0.29) is 0 Å². The maximum atomic E-state index is 6.13. The molecule has 1 heterocycles. The highest BCUT2D eigenvalue weighted by atomic mass is 16.5. The van der Waals surface area contributed by atoms with Crippen molar-refractivity contribution in [1.29, 1.82) is 0 Å². The molecule has 1 saturated carbocycles. The summed E-state index contributed by atoms with van der Waals surface area (Å²) in [6.45, 7) is 6.71. The minimum Gasteiger partial charge on any atom is -0.494 e. The lowest BCUT2D eigenvalue weighted by Gasteiger charge is -2.28. The molecule has 0 unspecified atom stereocenters. The first-order chi connectivity index (χ1) is 19.2. The van der Waals surface area contributed by atoms with Gasteiger partial charge in [0.2, 0.25) is 0 Å². The number of benzene rings is 3. The molecule has 0 saturated heterocycles. The van der Waals surface area contributed by atoms with Crippen LogP contribution in [0.5, 0.6) is 11.5 Å². The lowest BCUT2D eigenvalue weighted by atomic mass is 9.77. The predicted octanol–water partition coefficient (Wildman–Crippen LogP) is 9.59. The van der Waals surface area contributed by atoms with Crippen molar-refractivity contribution in [1.82, 2.24) is 4.57 Å². The molecule has 0 aliphatic heterocycles. The van der Waals surface area contributed by atoms with Gasteiger partial charge in [0.25, 0.3) is 0 Å². The second-order valence-corrected chi connectivity index (χ2v) is 11.1. The molecular weight excluding hydrogens is 478 g/mol. The summed E-state index contributed by atoms with van der Waals surface area (Å²) in [6, 6.07) is 32.0. The van der Waals surface area contributed by atoms with Crippen molar-refractivity contribution in [2.45, 2.75) is 77.9 Å². The largest absolute Gasteiger partial charge is 0.494 e. The molecule has 5 rings (SSSR count). The number of rotatable bonds is 12. The highest BCUT2D eigenvalue weighted by molar-refractivity contribution is 5.62. The highest BCUT2D eigenvalue weighted by Gasteiger charge is 2.21. The average Bonchev–Trinajstić information content (AvgIpc) is 3.36. The van der Waals surface area contributed by atoms with Gasteiger partial charge in [0.05, 0.1) is 6.61 Å². The molecule has 39 heavy (non-hydrogen) atoms. The Labute approximate surface area is 234 Å². The zero-order valence-corrected chi connectivity index (χ0v) is 23.6. The maximum Gasteiger partial charge on any atom is 0.119 e. The fraction of sp³-hybridized carbons (Fsp3) is 0.389. The summed E-state index contributed by atoms with van der Waals surface area (Å²) >= 11 is 0. The van der Waals surface area contributed by atoms with Gasteiger partial charge in [0, 0.05) is 17.9 Å². The van der Waals surface area contributed by atoms with Crippen molar-refractivity contribution in [3.8, 4) is 22.8 Å². The second-order valence-electron chi connectivity index (χ2n) is 11.1. The van der Waals surface area contributed by atoms with Gasteiger partial charge < -0.3 is 14.0 Å². The summed E-state index contributed by atoms with van der Waals surface area (Å²) in [7, 11) is 0. The molecule has 0 N–H and O–H groups in total. The summed E-state index contributed by atoms with van der Waals surface area (Å²) in [4.78, 5) is 0. The van der Waals surface area contributed by atoms with Gasteiger partial charge in [-0.15, -0.1) is 0 Å². The van der Waals surface area contributed by atoms with Crippen LogP contribution in [0.15, 0.2) is 91.0 Å². The van der Waals surface area contributed by atoms with Crippen LogP contribution in [0.3, 0.4) is 0 Å². The van der Waals surface area contributed by atoms with Crippen LogP contribution in [0.25, 0.3) is 11.3 Å². The summed E-state index contributed by atoms with van der Waals surface area (Å²) in [5.74, 6) is 3.55. The molecule has 0 amide bonds. The zero-order chi connectivity index (χ0) is 26.9. The van der Waals surface area contributed by atoms with E-state index >= 15 is 0 Å². The van der Waals surface area contributed by atoms with Crippen molar-refractivity contribution in [2.24, 2.45) is 5.92 Å². The van der Waals surface area contributed by atoms with Crippen LogP contribution in [0, 0.1) is 12.8 Å². The highest BCUT2D eigenvalue weighted by Crippen LogP contribution is 2.38. The summed E-state index contributed by atoms with van der Waals surface area (Å²) in [6.07, 6.45) is 9.15. The van der Waals surface area contributed by atoms with E-state index in [1.165, 1.54) is 66.6 Å². The Kier molecular flexibility index (Phi) is 9.43. The smallest absolute Gasteiger partial charge is 0.119 e. The Morgan fingerprint density at radius 3 is 2.15 bits per heavy atom. The van der Waals surface area contributed by atoms with Crippen LogP contribution in [0.4, 0.5) is 0 Å². The van der Waals surface area contributed by atoms with E-state index in [4.69, 9.17) is 9.47 Å². The molecule has 3 nitrogen and oxygen atoms in total. The third-order valence-electron chi connectivity index (χ3n) is 8.29. The van der Waals surface area contributed by atoms with E-state index in [0.29, 0.717) is 13.2 Å². The molecular formula is C36H43NO2. The molecule has 0 spiro atoms. The van der Waals surface area contributed by atoms with E-state index in [2.05, 4.69) is 91.2 Å². The topological polar surface area (TPSA) is 23.4 Å². The fourth-order valence-electron chi connectivity index (χ4n) is 6.02. The van der Waals surface area contributed by atoms with E-state index in [9.17, 15) is 0 Å². The van der Waals surface area contributed by atoms with Gasteiger partial charge in [0.15, 0.2) is 0 Å². The first kappa shape index (κ1) is 27.1. The number of hydrogen-bond acceptors (Lipinski definition) is 2. The van der Waals surface area contributed by atoms with Gasteiger partial charge in [-0.05, 0) is 116 Å². The molecule has 0 radical (unpaired) electrons. The number of aromatic nitrogens is 1. The van der Waals surface area contributed by atoms with Crippen molar-refractivity contribution in [3.05, 3.63) is 108 Å². The van der Waals surface area contributed by atoms with Crippen LogP contribution < -0.4 is 9.47 Å². The van der Waals surface area contributed by atoms with Crippen molar-refractivity contribution >= 4 is 0 Å².